The zero-order valence-electron chi connectivity index (χ0n) is 8.93. The molecule has 0 spiro atoms. The number of benzene rings is 1. The fourth-order valence-corrected chi connectivity index (χ4v) is 1.58. The van der Waals surface area contributed by atoms with E-state index < -0.39 is 0 Å². The van der Waals surface area contributed by atoms with Gasteiger partial charge in [0.05, 0.1) is 0 Å². The lowest BCUT2D eigenvalue weighted by Gasteiger charge is -2.24. The van der Waals surface area contributed by atoms with Crippen molar-refractivity contribution in [3.63, 3.8) is 0 Å². The van der Waals surface area contributed by atoms with E-state index in [9.17, 15) is 0 Å². The molecule has 71 valence electrons. The van der Waals surface area contributed by atoms with Crippen LogP contribution in [0.3, 0.4) is 0 Å². The number of hydrogen-bond donors (Lipinski definition) is 0. The van der Waals surface area contributed by atoms with Crippen LogP contribution in [0.4, 0.5) is 0 Å². The molecule has 0 saturated heterocycles. The molecule has 0 heteroatoms. The van der Waals surface area contributed by atoms with Crippen LogP contribution < -0.4 is 0 Å². The van der Waals surface area contributed by atoms with Gasteiger partial charge in [-0.2, -0.15) is 0 Å². The molecule has 0 amide bonds. The molecule has 0 aliphatic carbocycles. The first-order chi connectivity index (χ1) is 6.17. The standard InChI is InChI=1S/C13H19/c1-4-5-11-13(2,3)12-9-7-6-8-10-12/h6-7,9-10H,4-5,11H2,1-3H3. The molecule has 1 radical (unpaired) electrons. The van der Waals surface area contributed by atoms with Crippen LogP contribution in [0.15, 0.2) is 24.3 Å². The molecule has 0 saturated carbocycles. The van der Waals surface area contributed by atoms with E-state index in [2.05, 4.69) is 45.0 Å². The first-order valence-electron chi connectivity index (χ1n) is 5.13. The average molecular weight is 175 g/mol. The molecule has 0 heterocycles. The Bertz CT molecular complexity index is 233. The van der Waals surface area contributed by atoms with Crippen LogP contribution in [0.1, 0.15) is 45.6 Å². The monoisotopic (exact) mass is 175 g/mol. The van der Waals surface area contributed by atoms with Gasteiger partial charge < -0.3 is 0 Å². The molecule has 13 heavy (non-hydrogen) atoms. The molecule has 0 atom stereocenters. The summed E-state index contributed by atoms with van der Waals surface area (Å²) in [6, 6.07) is 11.5. The van der Waals surface area contributed by atoms with Gasteiger partial charge in [0.25, 0.3) is 0 Å². The molecule has 0 bridgehead atoms. The second-order valence-electron chi connectivity index (χ2n) is 4.28. The van der Waals surface area contributed by atoms with E-state index in [4.69, 9.17) is 0 Å². The van der Waals surface area contributed by atoms with Gasteiger partial charge in [-0.15, -0.1) is 0 Å². The van der Waals surface area contributed by atoms with Crippen molar-refractivity contribution >= 4 is 0 Å². The van der Waals surface area contributed by atoms with Gasteiger partial charge in [-0.3, -0.25) is 0 Å². The minimum Gasteiger partial charge on any atom is -0.0654 e. The van der Waals surface area contributed by atoms with Crippen molar-refractivity contribution in [3.05, 3.63) is 35.9 Å². The minimum absolute atomic E-state index is 0.313. The summed E-state index contributed by atoms with van der Waals surface area (Å²) in [6.45, 7) is 6.87. The Hall–Kier alpha value is -0.780. The fourth-order valence-electron chi connectivity index (χ4n) is 1.58. The lowest BCUT2D eigenvalue weighted by molar-refractivity contribution is 0.458. The highest BCUT2D eigenvalue weighted by atomic mass is 14.2. The van der Waals surface area contributed by atoms with E-state index in [0.29, 0.717) is 5.41 Å². The molecule has 0 aliphatic heterocycles. The Morgan fingerprint density at radius 3 is 2.69 bits per heavy atom. The van der Waals surface area contributed by atoms with Crippen LogP contribution in [0.25, 0.3) is 0 Å². The first kappa shape index (κ1) is 10.3. The molecule has 1 aromatic carbocycles. The summed E-state index contributed by atoms with van der Waals surface area (Å²) in [5.41, 5.74) is 1.72. The quantitative estimate of drug-likeness (QED) is 0.650. The maximum Gasteiger partial charge on any atom is -0.0103 e. The summed E-state index contributed by atoms with van der Waals surface area (Å²) in [5.74, 6) is 0. The van der Waals surface area contributed by atoms with Gasteiger partial charge in [-0.05, 0) is 23.5 Å². The lowest BCUT2D eigenvalue weighted by atomic mass is 9.80. The van der Waals surface area contributed by atoms with Gasteiger partial charge >= 0.3 is 0 Å². The van der Waals surface area contributed by atoms with Gasteiger partial charge in [0.15, 0.2) is 0 Å². The molecule has 1 aromatic rings. The zero-order chi connectivity index (χ0) is 9.73. The van der Waals surface area contributed by atoms with E-state index in [0.717, 1.165) is 0 Å². The summed E-state index contributed by atoms with van der Waals surface area (Å²) in [6.07, 6.45) is 3.85. The second kappa shape index (κ2) is 4.45. The predicted molar refractivity (Wildman–Crippen MR) is 57.8 cm³/mol. The maximum atomic E-state index is 3.14. The van der Waals surface area contributed by atoms with Gasteiger partial charge in [0.2, 0.25) is 0 Å². The van der Waals surface area contributed by atoms with Crippen molar-refractivity contribution in [2.45, 2.75) is 45.4 Å². The third-order valence-electron chi connectivity index (χ3n) is 2.64. The summed E-state index contributed by atoms with van der Waals surface area (Å²) < 4.78 is 0. The number of hydrogen-bond acceptors (Lipinski definition) is 0. The van der Waals surface area contributed by atoms with Crippen LogP contribution in [0.5, 0.6) is 0 Å². The van der Waals surface area contributed by atoms with Crippen molar-refractivity contribution in [3.8, 4) is 0 Å². The number of rotatable bonds is 4. The molecule has 0 unspecified atom stereocenters. The fraction of sp³-hybridized carbons (Fsp3) is 0.538. The summed E-state index contributed by atoms with van der Waals surface area (Å²) in [7, 11) is 0. The maximum absolute atomic E-state index is 3.14. The predicted octanol–water partition coefficient (Wildman–Crippen LogP) is 3.95. The third kappa shape index (κ3) is 2.87. The molecule has 0 N–H and O–H groups in total. The third-order valence-corrected chi connectivity index (χ3v) is 2.64. The largest absolute Gasteiger partial charge is 0.0654 e. The highest BCUT2D eigenvalue weighted by Gasteiger charge is 2.18. The topological polar surface area (TPSA) is 0 Å². The summed E-state index contributed by atoms with van der Waals surface area (Å²) >= 11 is 0. The van der Waals surface area contributed by atoms with E-state index in [-0.39, 0.29) is 0 Å². The Morgan fingerprint density at radius 2 is 2.15 bits per heavy atom. The Kier molecular flexibility index (Phi) is 3.53. The summed E-state index contributed by atoms with van der Waals surface area (Å²) in [5, 5.41) is 0. The molecular weight excluding hydrogens is 156 g/mol. The lowest BCUT2D eigenvalue weighted by Crippen LogP contribution is -2.16. The minimum atomic E-state index is 0.313. The molecule has 0 aromatic heterocycles. The number of unbranched alkanes of at least 4 members (excludes halogenated alkanes) is 1. The average Bonchev–Trinajstić information content (AvgIpc) is 2.16. The van der Waals surface area contributed by atoms with E-state index in [1.165, 1.54) is 24.8 Å². The molecule has 0 aliphatic rings. The van der Waals surface area contributed by atoms with Crippen molar-refractivity contribution < 1.29 is 0 Å². The van der Waals surface area contributed by atoms with Crippen LogP contribution in [0.2, 0.25) is 0 Å². The van der Waals surface area contributed by atoms with Crippen LogP contribution in [-0.4, -0.2) is 0 Å². The van der Waals surface area contributed by atoms with Crippen molar-refractivity contribution in [2.24, 2.45) is 0 Å². The van der Waals surface area contributed by atoms with Gasteiger partial charge in [0.1, 0.15) is 0 Å². The van der Waals surface area contributed by atoms with Crippen molar-refractivity contribution in [2.75, 3.05) is 0 Å². The molecule has 0 nitrogen and oxygen atoms in total. The van der Waals surface area contributed by atoms with E-state index in [1.807, 2.05) is 6.07 Å². The van der Waals surface area contributed by atoms with Crippen molar-refractivity contribution in [1.82, 2.24) is 0 Å². The van der Waals surface area contributed by atoms with Gasteiger partial charge in [0, 0.05) is 0 Å². The van der Waals surface area contributed by atoms with Crippen LogP contribution in [0, 0.1) is 6.07 Å². The Morgan fingerprint density at radius 1 is 1.38 bits per heavy atom. The van der Waals surface area contributed by atoms with Crippen LogP contribution >= 0.6 is 0 Å². The van der Waals surface area contributed by atoms with Crippen molar-refractivity contribution in [1.29, 1.82) is 0 Å². The first-order valence-corrected chi connectivity index (χ1v) is 5.13. The zero-order valence-corrected chi connectivity index (χ0v) is 8.93. The van der Waals surface area contributed by atoms with Gasteiger partial charge in [-0.25, -0.2) is 0 Å². The molecule has 1 rings (SSSR count). The van der Waals surface area contributed by atoms with Crippen LogP contribution in [-0.2, 0) is 5.41 Å². The van der Waals surface area contributed by atoms with Gasteiger partial charge in [-0.1, -0.05) is 57.9 Å². The second-order valence-corrected chi connectivity index (χ2v) is 4.28. The van der Waals surface area contributed by atoms with E-state index in [1.54, 1.807) is 0 Å². The Balaban J connectivity index is 2.69. The summed E-state index contributed by atoms with van der Waals surface area (Å²) in [4.78, 5) is 0. The highest BCUT2D eigenvalue weighted by Crippen LogP contribution is 2.28. The normalized spacial score (nSPS) is 11.6. The molecular formula is C13H19. The van der Waals surface area contributed by atoms with E-state index >= 15 is 0 Å². The Labute approximate surface area is 82.0 Å². The smallest absolute Gasteiger partial charge is 0.0103 e. The molecule has 0 fully saturated rings. The SMILES string of the molecule is CCCCC(C)(C)c1c[c]ccc1. The highest BCUT2D eigenvalue weighted by molar-refractivity contribution is 5.22.